The molecule has 1 aromatic carbocycles. The van der Waals surface area contributed by atoms with Crippen LogP contribution in [0.5, 0.6) is 0 Å². The lowest BCUT2D eigenvalue weighted by atomic mass is 9.94. The number of nitrogens with zero attached hydrogens (tertiary/aromatic N) is 1. The third kappa shape index (κ3) is 2.61. The first-order valence-corrected chi connectivity index (χ1v) is 7.41. The zero-order chi connectivity index (χ0) is 13.2. The SMILES string of the molecule is CCCCN(C)C(=O)C1(c2cccc(Br)c2)CC1. The van der Waals surface area contributed by atoms with E-state index in [2.05, 4.69) is 35.0 Å². The molecule has 0 saturated heterocycles. The predicted octanol–water partition coefficient (Wildman–Crippen LogP) is 3.74. The standard InChI is InChI=1S/C15H20BrNO/c1-3-4-10-17(2)14(18)15(8-9-15)12-6-5-7-13(16)11-12/h5-7,11H,3-4,8-10H2,1-2H3. The number of rotatable bonds is 5. The summed E-state index contributed by atoms with van der Waals surface area (Å²) in [5, 5.41) is 0. The average Bonchev–Trinajstić information content (AvgIpc) is 3.16. The second-order valence-corrected chi connectivity index (χ2v) is 6.09. The first-order valence-electron chi connectivity index (χ1n) is 6.62. The van der Waals surface area contributed by atoms with Gasteiger partial charge in [-0.15, -0.1) is 0 Å². The molecule has 0 heterocycles. The van der Waals surface area contributed by atoms with E-state index in [1.807, 2.05) is 24.1 Å². The first kappa shape index (κ1) is 13.6. The minimum Gasteiger partial charge on any atom is -0.345 e. The van der Waals surface area contributed by atoms with Gasteiger partial charge in [0.15, 0.2) is 0 Å². The molecule has 1 aliphatic rings. The molecule has 0 aromatic heterocycles. The van der Waals surface area contributed by atoms with Crippen molar-refractivity contribution >= 4 is 21.8 Å². The Labute approximate surface area is 117 Å². The summed E-state index contributed by atoms with van der Waals surface area (Å²) in [6.45, 7) is 3.02. The topological polar surface area (TPSA) is 20.3 Å². The summed E-state index contributed by atoms with van der Waals surface area (Å²) in [5.74, 6) is 0.286. The molecule has 3 heteroatoms. The molecule has 0 aliphatic heterocycles. The van der Waals surface area contributed by atoms with Crippen molar-refractivity contribution in [2.75, 3.05) is 13.6 Å². The zero-order valence-electron chi connectivity index (χ0n) is 11.1. The van der Waals surface area contributed by atoms with Crippen LogP contribution in [0.3, 0.4) is 0 Å². The maximum atomic E-state index is 12.6. The Morgan fingerprint density at radius 3 is 2.72 bits per heavy atom. The fourth-order valence-electron chi connectivity index (χ4n) is 2.40. The molecular weight excluding hydrogens is 290 g/mol. The van der Waals surface area contributed by atoms with Gasteiger partial charge in [0.2, 0.25) is 5.91 Å². The molecule has 0 spiro atoms. The Morgan fingerprint density at radius 2 is 2.17 bits per heavy atom. The monoisotopic (exact) mass is 309 g/mol. The van der Waals surface area contributed by atoms with Crippen LogP contribution in [0.15, 0.2) is 28.7 Å². The van der Waals surface area contributed by atoms with E-state index in [4.69, 9.17) is 0 Å². The van der Waals surface area contributed by atoms with Gasteiger partial charge < -0.3 is 4.90 Å². The minimum absolute atomic E-state index is 0.230. The minimum atomic E-state index is -0.230. The molecule has 0 bridgehead atoms. The van der Waals surface area contributed by atoms with Crippen molar-refractivity contribution in [1.29, 1.82) is 0 Å². The molecule has 0 radical (unpaired) electrons. The van der Waals surface area contributed by atoms with E-state index in [0.717, 1.165) is 42.3 Å². The van der Waals surface area contributed by atoms with Gasteiger partial charge in [0, 0.05) is 18.1 Å². The summed E-state index contributed by atoms with van der Waals surface area (Å²) < 4.78 is 1.05. The smallest absolute Gasteiger partial charge is 0.232 e. The lowest BCUT2D eigenvalue weighted by Crippen LogP contribution is -2.37. The molecule has 2 nitrogen and oxygen atoms in total. The van der Waals surface area contributed by atoms with Gasteiger partial charge in [-0.25, -0.2) is 0 Å². The van der Waals surface area contributed by atoms with Gasteiger partial charge in [0.1, 0.15) is 0 Å². The molecular formula is C15H20BrNO. The van der Waals surface area contributed by atoms with Crippen molar-refractivity contribution in [3.63, 3.8) is 0 Å². The van der Waals surface area contributed by atoms with Gasteiger partial charge in [-0.3, -0.25) is 4.79 Å². The highest BCUT2D eigenvalue weighted by Gasteiger charge is 2.52. The molecule has 1 fully saturated rings. The van der Waals surface area contributed by atoms with Gasteiger partial charge in [-0.1, -0.05) is 41.4 Å². The van der Waals surface area contributed by atoms with Crippen molar-refractivity contribution in [1.82, 2.24) is 4.90 Å². The summed E-state index contributed by atoms with van der Waals surface area (Å²) in [4.78, 5) is 14.5. The Hall–Kier alpha value is -0.830. The second-order valence-electron chi connectivity index (χ2n) is 5.17. The molecule has 2 rings (SSSR count). The summed E-state index contributed by atoms with van der Waals surface area (Å²) in [6.07, 6.45) is 4.18. The third-order valence-corrected chi connectivity index (χ3v) is 4.22. The molecule has 0 unspecified atom stereocenters. The normalized spacial score (nSPS) is 16.4. The molecule has 1 aromatic rings. The quantitative estimate of drug-likeness (QED) is 0.811. The van der Waals surface area contributed by atoms with Crippen LogP contribution < -0.4 is 0 Å². The van der Waals surface area contributed by atoms with Crippen molar-refractivity contribution in [2.24, 2.45) is 0 Å². The number of likely N-dealkylation sites (N-methyl/N-ethyl adjacent to an activating group) is 1. The van der Waals surface area contributed by atoms with Gasteiger partial charge in [-0.05, 0) is 37.0 Å². The van der Waals surface area contributed by atoms with E-state index in [1.165, 1.54) is 0 Å². The Bertz CT molecular complexity index is 440. The van der Waals surface area contributed by atoms with Crippen molar-refractivity contribution in [3.8, 4) is 0 Å². The number of amides is 1. The fourth-order valence-corrected chi connectivity index (χ4v) is 2.80. The molecule has 1 aliphatic carbocycles. The van der Waals surface area contributed by atoms with Crippen LogP contribution in [0, 0.1) is 0 Å². The van der Waals surface area contributed by atoms with Crippen LogP contribution in [-0.4, -0.2) is 24.4 Å². The maximum absolute atomic E-state index is 12.6. The van der Waals surface area contributed by atoms with Gasteiger partial charge in [0.25, 0.3) is 0 Å². The number of hydrogen-bond donors (Lipinski definition) is 0. The van der Waals surface area contributed by atoms with Crippen molar-refractivity contribution < 1.29 is 4.79 Å². The average molecular weight is 310 g/mol. The zero-order valence-corrected chi connectivity index (χ0v) is 12.7. The van der Waals surface area contributed by atoms with Crippen molar-refractivity contribution in [2.45, 2.75) is 38.0 Å². The van der Waals surface area contributed by atoms with E-state index in [1.54, 1.807) is 0 Å². The second kappa shape index (κ2) is 5.43. The van der Waals surface area contributed by atoms with E-state index in [-0.39, 0.29) is 11.3 Å². The number of unbranched alkanes of at least 4 members (excludes halogenated alkanes) is 1. The lowest BCUT2D eigenvalue weighted by Gasteiger charge is -2.24. The van der Waals surface area contributed by atoms with Crippen LogP contribution in [0.2, 0.25) is 0 Å². The molecule has 1 saturated carbocycles. The van der Waals surface area contributed by atoms with Gasteiger partial charge in [-0.2, -0.15) is 0 Å². The fraction of sp³-hybridized carbons (Fsp3) is 0.533. The highest BCUT2D eigenvalue weighted by Crippen LogP contribution is 2.49. The summed E-state index contributed by atoms with van der Waals surface area (Å²) in [6, 6.07) is 8.17. The Kier molecular flexibility index (Phi) is 4.10. The molecule has 0 N–H and O–H groups in total. The van der Waals surface area contributed by atoms with E-state index in [9.17, 15) is 4.79 Å². The number of benzene rings is 1. The number of halogens is 1. The summed E-state index contributed by atoms with van der Waals surface area (Å²) >= 11 is 3.49. The molecule has 1 amide bonds. The van der Waals surface area contributed by atoms with Gasteiger partial charge >= 0.3 is 0 Å². The Balaban J connectivity index is 2.14. The van der Waals surface area contributed by atoms with Crippen LogP contribution in [-0.2, 0) is 10.2 Å². The van der Waals surface area contributed by atoms with E-state index in [0.29, 0.717) is 0 Å². The maximum Gasteiger partial charge on any atom is 0.232 e. The lowest BCUT2D eigenvalue weighted by molar-refractivity contribution is -0.132. The van der Waals surface area contributed by atoms with Crippen LogP contribution in [0.25, 0.3) is 0 Å². The van der Waals surface area contributed by atoms with Crippen LogP contribution >= 0.6 is 15.9 Å². The number of carbonyl (C=O) groups excluding carboxylic acids is 1. The molecule has 0 atom stereocenters. The highest BCUT2D eigenvalue weighted by atomic mass is 79.9. The highest BCUT2D eigenvalue weighted by molar-refractivity contribution is 9.10. The van der Waals surface area contributed by atoms with Gasteiger partial charge in [0.05, 0.1) is 5.41 Å². The largest absolute Gasteiger partial charge is 0.345 e. The first-order chi connectivity index (χ1) is 8.60. The number of carbonyl (C=O) groups is 1. The van der Waals surface area contributed by atoms with Crippen LogP contribution in [0.1, 0.15) is 38.2 Å². The molecule has 18 heavy (non-hydrogen) atoms. The molecule has 98 valence electrons. The predicted molar refractivity (Wildman–Crippen MR) is 77.6 cm³/mol. The van der Waals surface area contributed by atoms with E-state index < -0.39 is 0 Å². The summed E-state index contributed by atoms with van der Waals surface area (Å²) in [7, 11) is 1.93. The number of hydrogen-bond acceptors (Lipinski definition) is 1. The van der Waals surface area contributed by atoms with Crippen molar-refractivity contribution in [3.05, 3.63) is 34.3 Å². The summed E-state index contributed by atoms with van der Waals surface area (Å²) in [5.41, 5.74) is 0.928. The Morgan fingerprint density at radius 1 is 1.44 bits per heavy atom. The van der Waals surface area contributed by atoms with E-state index >= 15 is 0 Å². The third-order valence-electron chi connectivity index (χ3n) is 3.73. The van der Waals surface area contributed by atoms with Crippen LogP contribution in [0.4, 0.5) is 0 Å².